The predicted molar refractivity (Wildman–Crippen MR) is 105 cm³/mol. The average molecular weight is 361 g/mol. The van der Waals surface area contributed by atoms with Crippen molar-refractivity contribution in [2.24, 2.45) is 11.8 Å². The Balaban J connectivity index is 1.73. The standard InChI is InChI=1S/C20H32N4O2/c1-14(2)23-20(26)24-18-8-6-16(7-9-18)12-22-19(25)11-15(3)17-5-4-10-21-13-17/h6-9,14-15,17,21H,4-5,10-13H2,1-3H3,(H,22,25)(H2,23,24,26). The molecule has 1 aromatic rings. The number of benzene rings is 1. The molecule has 0 spiro atoms. The molecule has 1 aromatic carbocycles. The van der Waals surface area contributed by atoms with Crippen LogP contribution in [0.2, 0.25) is 0 Å². The zero-order valence-corrected chi connectivity index (χ0v) is 16.1. The first-order valence-corrected chi connectivity index (χ1v) is 9.58. The molecule has 0 aliphatic carbocycles. The number of amides is 3. The van der Waals surface area contributed by atoms with E-state index < -0.39 is 0 Å². The monoisotopic (exact) mass is 360 g/mol. The Kier molecular flexibility index (Phi) is 7.91. The van der Waals surface area contributed by atoms with E-state index in [1.165, 1.54) is 12.8 Å². The average Bonchev–Trinajstić information content (AvgIpc) is 2.61. The van der Waals surface area contributed by atoms with Gasteiger partial charge in [0, 0.05) is 24.7 Å². The van der Waals surface area contributed by atoms with E-state index >= 15 is 0 Å². The lowest BCUT2D eigenvalue weighted by Crippen LogP contribution is -2.35. The van der Waals surface area contributed by atoms with Crippen molar-refractivity contribution in [1.82, 2.24) is 16.0 Å². The maximum atomic E-state index is 12.2. The molecule has 1 aliphatic heterocycles. The fraction of sp³-hybridized carbons (Fsp3) is 0.600. The molecule has 3 amide bonds. The van der Waals surface area contributed by atoms with Gasteiger partial charge in [0.05, 0.1) is 0 Å². The molecule has 144 valence electrons. The molecule has 0 saturated carbocycles. The lowest BCUT2D eigenvalue weighted by atomic mass is 9.85. The van der Waals surface area contributed by atoms with Crippen LogP contribution >= 0.6 is 0 Å². The number of piperidine rings is 1. The number of anilines is 1. The van der Waals surface area contributed by atoms with Gasteiger partial charge < -0.3 is 21.3 Å². The van der Waals surface area contributed by atoms with Gasteiger partial charge in [-0.3, -0.25) is 4.79 Å². The van der Waals surface area contributed by atoms with Gasteiger partial charge in [-0.05, 0) is 69.3 Å². The van der Waals surface area contributed by atoms with E-state index in [4.69, 9.17) is 0 Å². The SMILES string of the molecule is CC(C)NC(=O)Nc1ccc(CNC(=O)CC(C)C2CCCNC2)cc1. The highest BCUT2D eigenvalue weighted by molar-refractivity contribution is 5.89. The van der Waals surface area contributed by atoms with Gasteiger partial charge in [0.1, 0.15) is 0 Å². The molecule has 4 N–H and O–H groups in total. The zero-order chi connectivity index (χ0) is 18.9. The lowest BCUT2D eigenvalue weighted by molar-refractivity contribution is -0.122. The van der Waals surface area contributed by atoms with Crippen LogP contribution in [0.1, 0.15) is 45.6 Å². The highest BCUT2D eigenvalue weighted by atomic mass is 16.2. The van der Waals surface area contributed by atoms with Crippen molar-refractivity contribution in [1.29, 1.82) is 0 Å². The number of carbonyl (C=O) groups excluding carboxylic acids is 2. The van der Waals surface area contributed by atoms with Gasteiger partial charge in [-0.15, -0.1) is 0 Å². The van der Waals surface area contributed by atoms with Crippen LogP contribution in [0.15, 0.2) is 24.3 Å². The summed E-state index contributed by atoms with van der Waals surface area (Å²) in [6.07, 6.45) is 2.98. The maximum absolute atomic E-state index is 12.2. The first-order valence-electron chi connectivity index (χ1n) is 9.58. The molecule has 6 nitrogen and oxygen atoms in total. The topological polar surface area (TPSA) is 82.3 Å². The van der Waals surface area contributed by atoms with Gasteiger partial charge in [0.2, 0.25) is 5.91 Å². The third kappa shape index (κ3) is 7.04. The molecule has 2 atom stereocenters. The van der Waals surface area contributed by atoms with E-state index in [0.29, 0.717) is 24.8 Å². The third-order valence-corrected chi connectivity index (χ3v) is 4.77. The molecule has 6 heteroatoms. The van der Waals surface area contributed by atoms with Crippen molar-refractivity contribution in [3.63, 3.8) is 0 Å². The molecule has 2 unspecified atom stereocenters. The Morgan fingerprint density at radius 3 is 2.54 bits per heavy atom. The van der Waals surface area contributed by atoms with Crippen LogP contribution in [-0.2, 0) is 11.3 Å². The van der Waals surface area contributed by atoms with Gasteiger partial charge in [-0.25, -0.2) is 4.79 Å². The Hall–Kier alpha value is -2.08. The van der Waals surface area contributed by atoms with E-state index in [1.54, 1.807) is 0 Å². The summed E-state index contributed by atoms with van der Waals surface area (Å²) >= 11 is 0. The molecule has 1 aliphatic rings. The van der Waals surface area contributed by atoms with Crippen molar-refractivity contribution in [2.45, 2.75) is 52.6 Å². The zero-order valence-electron chi connectivity index (χ0n) is 16.1. The van der Waals surface area contributed by atoms with E-state index in [9.17, 15) is 9.59 Å². The van der Waals surface area contributed by atoms with Crippen molar-refractivity contribution in [2.75, 3.05) is 18.4 Å². The maximum Gasteiger partial charge on any atom is 0.319 e. The number of urea groups is 1. The van der Waals surface area contributed by atoms with E-state index in [0.717, 1.165) is 24.3 Å². The Labute approximate surface area is 156 Å². The molecule has 1 fully saturated rings. The largest absolute Gasteiger partial charge is 0.352 e. The van der Waals surface area contributed by atoms with Crippen LogP contribution in [0.3, 0.4) is 0 Å². The summed E-state index contributed by atoms with van der Waals surface area (Å²) in [5.41, 5.74) is 1.75. The van der Waals surface area contributed by atoms with Crippen molar-refractivity contribution < 1.29 is 9.59 Å². The molecule has 1 heterocycles. The molecular formula is C20H32N4O2. The molecule has 2 rings (SSSR count). The Morgan fingerprint density at radius 2 is 1.92 bits per heavy atom. The van der Waals surface area contributed by atoms with Gasteiger partial charge in [0.15, 0.2) is 0 Å². The molecule has 0 aromatic heterocycles. The summed E-state index contributed by atoms with van der Waals surface area (Å²) in [6.45, 7) is 8.62. The summed E-state index contributed by atoms with van der Waals surface area (Å²) in [4.78, 5) is 23.9. The number of nitrogens with one attached hydrogen (secondary N) is 4. The van der Waals surface area contributed by atoms with Gasteiger partial charge in [-0.2, -0.15) is 0 Å². The fourth-order valence-electron chi connectivity index (χ4n) is 3.23. The Bertz CT molecular complexity index is 580. The molecule has 1 saturated heterocycles. The molecule has 26 heavy (non-hydrogen) atoms. The van der Waals surface area contributed by atoms with Gasteiger partial charge in [-0.1, -0.05) is 19.1 Å². The quantitative estimate of drug-likeness (QED) is 0.603. The molecule has 0 radical (unpaired) electrons. The minimum absolute atomic E-state index is 0.0938. The van der Waals surface area contributed by atoms with Crippen LogP contribution < -0.4 is 21.3 Å². The second kappa shape index (κ2) is 10.2. The molecular weight excluding hydrogens is 328 g/mol. The molecule has 0 bridgehead atoms. The van der Waals surface area contributed by atoms with Crippen molar-refractivity contribution in [3.8, 4) is 0 Å². The fourth-order valence-corrected chi connectivity index (χ4v) is 3.23. The van der Waals surface area contributed by atoms with E-state index in [1.807, 2.05) is 38.1 Å². The summed E-state index contributed by atoms with van der Waals surface area (Å²) in [5, 5.41) is 12.0. The second-order valence-electron chi connectivity index (χ2n) is 7.51. The summed E-state index contributed by atoms with van der Waals surface area (Å²) in [7, 11) is 0. The number of hydrogen-bond donors (Lipinski definition) is 4. The number of hydrogen-bond acceptors (Lipinski definition) is 3. The number of carbonyl (C=O) groups is 2. The third-order valence-electron chi connectivity index (χ3n) is 4.77. The highest BCUT2D eigenvalue weighted by Gasteiger charge is 2.21. The summed E-state index contributed by atoms with van der Waals surface area (Å²) in [5.74, 6) is 1.09. The van der Waals surface area contributed by atoms with Crippen LogP contribution in [-0.4, -0.2) is 31.1 Å². The summed E-state index contributed by atoms with van der Waals surface area (Å²) in [6, 6.07) is 7.40. The van der Waals surface area contributed by atoms with Gasteiger partial charge >= 0.3 is 6.03 Å². The minimum atomic E-state index is -0.216. The van der Waals surface area contributed by atoms with Crippen LogP contribution in [0.5, 0.6) is 0 Å². The van der Waals surface area contributed by atoms with Crippen LogP contribution in [0, 0.1) is 11.8 Å². The van der Waals surface area contributed by atoms with E-state index in [2.05, 4.69) is 28.2 Å². The number of rotatable bonds is 7. The normalized spacial score (nSPS) is 18.2. The van der Waals surface area contributed by atoms with Crippen LogP contribution in [0.4, 0.5) is 10.5 Å². The van der Waals surface area contributed by atoms with Crippen LogP contribution in [0.25, 0.3) is 0 Å². The van der Waals surface area contributed by atoms with Crippen molar-refractivity contribution >= 4 is 17.6 Å². The predicted octanol–water partition coefficient (Wildman–Crippen LogP) is 2.86. The first kappa shape index (κ1) is 20.2. The minimum Gasteiger partial charge on any atom is -0.352 e. The lowest BCUT2D eigenvalue weighted by Gasteiger charge is -2.28. The summed E-state index contributed by atoms with van der Waals surface area (Å²) < 4.78 is 0. The highest BCUT2D eigenvalue weighted by Crippen LogP contribution is 2.22. The smallest absolute Gasteiger partial charge is 0.319 e. The Morgan fingerprint density at radius 1 is 1.19 bits per heavy atom. The van der Waals surface area contributed by atoms with Gasteiger partial charge in [0.25, 0.3) is 0 Å². The van der Waals surface area contributed by atoms with E-state index in [-0.39, 0.29) is 18.0 Å². The van der Waals surface area contributed by atoms with Crippen molar-refractivity contribution in [3.05, 3.63) is 29.8 Å². The first-order chi connectivity index (χ1) is 12.4. The second-order valence-corrected chi connectivity index (χ2v) is 7.51.